The summed E-state index contributed by atoms with van der Waals surface area (Å²) in [6.45, 7) is 4.37. The maximum Gasteiger partial charge on any atom is 0.220 e. The number of nitrogens with two attached hydrogens (primary N) is 1. The molecule has 0 radical (unpaired) electrons. The SMILES string of the molecule is CCc1cccc(CCc2ccc3sc(-c4ccnc(N)n4)c(C)c3c2)c1. The lowest BCUT2D eigenvalue weighted by Gasteiger charge is -2.05. The Balaban J connectivity index is 1.61. The zero-order chi connectivity index (χ0) is 18.8. The van der Waals surface area contributed by atoms with Crippen LogP contribution in [-0.2, 0) is 19.3 Å². The number of anilines is 1. The van der Waals surface area contributed by atoms with Gasteiger partial charge in [-0.05, 0) is 66.0 Å². The zero-order valence-electron chi connectivity index (χ0n) is 15.7. The van der Waals surface area contributed by atoms with Crippen LogP contribution in [0.3, 0.4) is 0 Å². The van der Waals surface area contributed by atoms with Crippen LogP contribution in [0.25, 0.3) is 20.7 Å². The van der Waals surface area contributed by atoms with Crippen molar-refractivity contribution in [2.24, 2.45) is 0 Å². The molecule has 0 fully saturated rings. The van der Waals surface area contributed by atoms with Crippen LogP contribution >= 0.6 is 11.3 Å². The van der Waals surface area contributed by atoms with Gasteiger partial charge in [0.1, 0.15) is 0 Å². The topological polar surface area (TPSA) is 51.8 Å². The maximum atomic E-state index is 5.76. The lowest BCUT2D eigenvalue weighted by atomic mass is 10.00. The van der Waals surface area contributed by atoms with Crippen molar-refractivity contribution in [2.45, 2.75) is 33.1 Å². The minimum atomic E-state index is 0.319. The Labute approximate surface area is 163 Å². The van der Waals surface area contributed by atoms with E-state index in [2.05, 4.69) is 66.3 Å². The fourth-order valence-electron chi connectivity index (χ4n) is 3.46. The number of hydrogen-bond donors (Lipinski definition) is 1. The first-order valence-electron chi connectivity index (χ1n) is 9.33. The van der Waals surface area contributed by atoms with Gasteiger partial charge in [-0.2, -0.15) is 0 Å². The van der Waals surface area contributed by atoms with E-state index in [1.54, 1.807) is 17.5 Å². The van der Waals surface area contributed by atoms with Gasteiger partial charge in [0.2, 0.25) is 5.95 Å². The van der Waals surface area contributed by atoms with E-state index in [4.69, 9.17) is 5.73 Å². The summed E-state index contributed by atoms with van der Waals surface area (Å²) < 4.78 is 1.29. The lowest BCUT2D eigenvalue weighted by Crippen LogP contribution is -1.94. The van der Waals surface area contributed by atoms with Crippen molar-refractivity contribution in [2.75, 3.05) is 5.73 Å². The summed E-state index contributed by atoms with van der Waals surface area (Å²) in [5.74, 6) is 0.319. The van der Waals surface area contributed by atoms with Gasteiger partial charge in [-0.25, -0.2) is 9.97 Å². The average molecular weight is 374 g/mol. The van der Waals surface area contributed by atoms with Crippen molar-refractivity contribution < 1.29 is 0 Å². The molecule has 4 heteroatoms. The van der Waals surface area contributed by atoms with Gasteiger partial charge in [0.15, 0.2) is 0 Å². The van der Waals surface area contributed by atoms with Gasteiger partial charge in [-0.15, -0.1) is 11.3 Å². The van der Waals surface area contributed by atoms with E-state index in [1.807, 2.05) is 6.07 Å². The molecular weight excluding hydrogens is 350 g/mol. The van der Waals surface area contributed by atoms with Gasteiger partial charge in [-0.1, -0.05) is 43.3 Å². The summed E-state index contributed by atoms with van der Waals surface area (Å²) in [6.07, 6.45) is 4.92. The second kappa shape index (κ2) is 7.49. The summed E-state index contributed by atoms with van der Waals surface area (Å²) in [7, 11) is 0. The zero-order valence-corrected chi connectivity index (χ0v) is 16.5. The fourth-order valence-corrected chi connectivity index (χ4v) is 4.62. The minimum Gasteiger partial charge on any atom is -0.368 e. The van der Waals surface area contributed by atoms with Gasteiger partial charge < -0.3 is 5.73 Å². The highest BCUT2D eigenvalue weighted by molar-refractivity contribution is 7.22. The quantitative estimate of drug-likeness (QED) is 0.496. The van der Waals surface area contributed by atoms with Gasteiger partial charge >= 0.3 is 0 Å². The van der Waals surface area contributed by atoms with Crippen LogP contribution in [0, 0.1) is 6.92 Å². The molecule has 0 unspecified atom stereocenters. The normalized spacial score (nSPS) is 11.2. The Kier molecular flexibility index (Phi) is 4.90. The highest BCUT2D eigenvalue weighted by atomic mass is 32.1. The molecule has 0 spiro atoms. The number of rotatable bonds is 5. The molecule has 0 saturated heterocycles. The first-order valence-corrected chi connectivity index (χ1v) is 10.1. The first-order chi connectivity index (χ1) is 13.1. The van der Waals surface area contributed by atoms with Crippen molar-refractivity contribution in [1.82, 2.24) is 9.97 Å². The largest absolute Gasteiger partial charge is 0.368 e. The molecule has 0 amide bonds. The second-order valence-electron chi connectivity index (χ2n) is 6.86. The van der Waals surface area contributed by atoms with Crippen molar-refractivity contribution in [3.8, 4) is 10.6 Å². The minimum absolute atomic E-state index is 0.319. The van der Waals surface area contributed by atoms with E-state index >= 15 is 0 Å². The van der Waals surface area contributed by atoms with Crippen LogP contribution in [0.2, 0.25) is 0 Å². The summed E-state index contributed by atoms with van der Waals surface area (Å²) >= 11 is 1.77. The molecule has 0 aliphatic carbocycles. The van der Waals surface area contributed by atoms with Crippen LogP contribution in [-0.4, -0.2) is 9.97 Å². The van der Waals surface area contributed by atoms with E-state index in [0.29, 0.717) is 5.95 Å². The average Bonchev–Trinajstić information content (AvgIpc) is 3.03. The number of fused-ring (bicyclic) bond motifs is 1. The number of nitrogens with zero attached hydrogens (tertiary/aromatic N) is 2. The van der Waals surface area contributed by atoms with Crippen LogP contribution in [0.15, 0.2) is 54.7 Å². The molecule has 2 aromatic heterocycles. The summed E-state index contributed by atoms with van der Waals surface area (Å²) in [5.41, 5.74) is 12.1. The maximum absolute atomic E-state index is 5.76. The van der Waals surface area contributed by atoms with E-state index < -0.39 is 0 Å². The third-order valence-corrected chi connectivity index (χ3v) is 6.30. The molecule has 0 bridgehead atoms. The predicted molar refractivity (Wildman–Crippen MR) is 115 cm³/mol. The molecule has 4 rings (SSSR count). The van der Waals surface area contributed by atoms with Crippen molar-refractivity contribution in [3.05, 3.63) is 77.0 Å². The smallest absolute Gasteiger partial charge is 0.220 e. The molecule has 2 heterocycles. The molecule has 27 heavy (non-hydrogen) atoms. The fraction of sp³-hybridized carbons (Fsp3) is 0.217. The molecule has 136 valence electrons. The molecule has 2 N–H and O–H groups in total. The number of nitrogen functional groups attached to an aromatic ring is 1. The third-order valence-electron chi connectivity index (χ3n) is 5.01. The lowest BCUT2D eigenvalue weighted by molar-refractivity contribution is 0.955. The van der Waals surface area contributed by atoms with Crippen molar-refractivity contribution >= 4 is 27.4 Å². The van der Waals surface area contributed by atoms with Crippen LogP contribution in [0.4, 0.5) is 5.95 Å². The number of aromatic nitrogens is 2. The van der Waals surface area contributed by atoms with E-state index in [9.17, 15) is 0 Å². The van der Waals surface area contributed by atoms with E-state index in [-0.39, 0.29) is 0 Å². The molecular formula is C23H23N3S. The van der Waals surface area contributed by atoms with Crippen molar-refractivity contribution in [1.29, 1.82) is 0 Å². The van der Waals surface area contributed by atoms with Gasteiger partial charge in [0.25, 0.3) is 0 Å². The number of hydrogen-bond acceptors (Lipinski definition) is 4. The van der Waals surface area contributed by atoms with E-state index in [1.165, 1.54) is 37.2 Å². The Morgan fingerprint density at radius 2 is 1.74 bits per heavy atom. The number of benzene rings is 2. The number of thiophene rings is 1. The molecule has 3 nitrogen and oxygen atoms in total. The molecule has 2 aromatic carbocycles. The van der Waals surface area contributed by atoms with Crippen LogP contribution in [0.5, 0.6) is 0 Å². The second-order valence-corrected chi connectivity index (χ2v) is 7.91. The van der Waals surface area contributed by atoms with Crippen molar-refractivity contribution in [3.63, 3.8) is 0 Å². The summed E-state index contributed by atoms with van der Waals surface area (Å²) in [4.78, 5) is 9.56. The van der Waals surface area contributed by atoms with Gasteiger partial charge in [0, 0.05) is 10.9 Å². The third kappa shape index (κ3) is 3.71. The van der Waals surface area contributed by atoms with Crippen LogP contribution in [0.1, 0.15) is 29.2 Å². The Morgan fingerprint density at radius 1 is 0.963 bits per heavy atom. The molecule has 0 aliphatic rings. The Hall–Kier alpha value is -2.72. The van der Waals surface area contributed by atoms with E-state index in [0.717, 1.165) is 25.0 Å². The number of aryl methyl sites for hydroxylation is 4. The Morgan fingerprint density at radius 3 is 2.52 bits per heavy atom. The van der Waals surface area contributed by atoms with Gasteiger partial charge in [-0.3, -0.25) is 0 Å². The Bertz CT molecular complexity index is 1100. The molecule has 4 aromatic rings. The van der Waals surface area contributed by atoms with Gasteiger partial charge in [0.05, 0.1) is 10.6 Å². The molecule has 0 saturated carbocycles. The molecule has 0 aliphatic heterocycles. The first kappa shape index (κ1) is 17.7. The summed E-state index contributed by atoms with van der Waals surface area (Å²) in [6, 6.07) is 17.7. The highest BCUT2D eigenvalue weighted by Crippen LogP contribution is 2.37. The van der Waals surface area contributed by atoms with Crippen LogP contribution < -0.4 is 5.73 Å². The standard InChI is InChI=1S/C23H23N3S/c1-3-16-5-4-6-17(13-16)7-8-18-9-10-21-19(14-18)15(2)22(27-21)20-11-12-25-23(24)26-20/h4-6,9-14H,3,7-8H2,1-2H3,(H2,24,25,26). The monoisotopic (exact) mass is 373 g/mol. The highest BCUT2D eigenvalue weighted by Gasteiger charge is 2.12. The summed E-state index contributed by atoms with van der Waals surface area (Å²) in [5, 5.41) is 1.31. The predicted octanol–water partition coefficient (Wildman–Crippen LogP) is 5.60. The molecule has 0 atom stereocenters.